The van der Waals surface area contributed by atoms with Crippen molar-refractivity contribution >= 4 is 67.2 Å². The number of benzene rings is 2. The van der Waals surface area contributed by atoms with E-state index in [4.69, 9.17) is 23.2 Å². The second-order valence-electron chi connectivity index (χ2n) is 4.19. The minimum atomic E-state index is 0.657. The summed E-state index contributed by atoms with van der Waals surface area (Å²) in [5.74, 6) is 0. The third-order valence-electron chi connectivity index (χ3n) is 2.50. The van der Waals surface area contributed by atoms with Gasteiger partial charge >= 0.3 is 0 Å². The molecule has 2 aromatic rings. The van der Waals surface area contributed by atoms with Gasteiger partial charge in [0.2, 0.25) is 0 Å². The molecule has 0 radical (unpaired) electrons. The maximum absolute atomic E-state index is 5.88. The number of aryl methyl sites for hydroxylation is 1. The van der Waals surface area contributed by atoms with Gasteiger partial charge in [0, 0.05) is 15.6 Å². The molecule has 0 spiro atoms. The van der Waals surface area contributed by atoms with Crippen LogP contribution in [0.5, 0.6) is 0 Å². The lowest BCUT2D eigenvalue weighted by Crippen LogP contribution is -1.79. The van der Waals surface area contributed by atoms with E-state index in [2.05, 4.69) is 38.4 Å². The highest BCUT2D eigenvalue weighted by atomic mass is 79.9. The minimum absolute atomic E-state index is 0.657. The van der Waals surface area contributed by atoms with Gasteiger partial charge in [0.25, 0.3) is 0 Å². The third kappa shape index (κ3) is 6.84. The van der Waals surface area contributed by atoms with E-state index >= 15 is 0 Å². The van der Waals surface area contributed by atoms with Crippen LogP contribution in [0.15, 0.2) is 52.4 Å². The predicted octanol–water partition coefficient (Wildman–Crippen LogP) is 7.72. The molecular formula is C17H14Br2Cl2. The van der Waals surface area contributed by atoms with E-state index in [9.17, 15) is 0 Å². The van der Waals surface area contributed by atoms with Gasteiger partial charge in [-0.2, -0.15) is 0 Å². The second kappa shape index (κ2) is 9.47. The molecule has 0 aliphatic carbocycles. The van der Waals surface area contributed by atoms with Crippen LogP contribution < -0.4 is 0 Å². The van der Waals surface area contributed by atoms with E-state index < -0.39 is 0 Å². The van der Waals surface area contributed by atoms with Crippen LogP contribution in [0, 0.1) is 6.92 Å². The van der Waals surface area contributed by atoms with Crippen LogP contribution in [0.1, 0.15) is 16.7 Å². The topological polar surface area (TPSA) is 0 Å². The van der Waals surface area contributed by atoms with E-state index in [1.807, 2.05) is 55.5 Å². The average molecular weight is 449 g/mol. The Hall–Kier alpha value is -0.540. The largest absolute Gasteiger partial charge is 0.0984 e. The first-order valence-electron chi connectivity index (χ1n) is 6.10. The summed E-state index contributed by atoms with van der Waals surface area (Å²) in [5.41, 5.74) is 3.05. The molecule has 2 rings (SSSR count). The standard InChI is InChI=1S/C9H8Cl2.C8H6Br2/c1-3-7-8(10)4-6(2)5-9(7)11;9-8(10)6-7-4-2-1-3-5-7/h3-5H,1H2,2H3;1-6H. The van der Waals surface area contributed by atoms with Crippen molar-refractivity contribution in [3.63, 3.8) is 0 Å². The molecule has 2 aromatic carbocycles. The van der Waals surface area contributed by atoms with E-state index in [0.717, 1.165) is 14.5 Å². The van der Waals surface area contributed by atoms with Crippen molar-refractivity contribution in [2.24, 2.45) is 0 Å². The molecule has 0 saturated carbocycles. The summed E-state index contributed by atoms with van der Waals surface area (Å²) in [5, 5.41) is 1.31. The van der Waals surface area contributed by atoms with Gasteiger partial charge in [0.1, 0.15) is 0 Å². The zero-order valence-corrected chi connectivity index (χ0v) is 16.1. The highest BCUT2D eigenvalue weighted by Crippen LogP contribution is 2.26. The molecule has 0 amide bonds. The molecule has 110 valence electrons. The van der Waals surface area contributed by atoms with Crippen molar-refractivity contribution in [2.45, 2.75) is 6.92 Å². The van der Waals surface area contributed by atoms with Crippen molar-refractivity contribution in [3.05, 3.63) is 79.2 Å². The van der Waals surface area contributed by atoms with Crippen LogP contribution in [-0.2, 0) is 0 Å². The molecule has 21 heavy (non-hydrogen) atoms. The predicted molar refractivity (Wildman–Crippen MR) is 104 cm³/mol. The van der Waals surface area contributed by atoms with E-state index in [-0.39, 0.29) is 0 Å². The van der Waals surface area contributed by atoms with Crippen molar-refractivity contribution in [1.82, 2.24) is 0 Å². The molecule has 0 nitrogen and oxygen atoms in total. The van der Waals surface area contributed by atoms with Crippen LogP contribution in [0.4, 0.5) is 0 Å². The highest BCUT2D eigenvalue weighted by Gasteiger charge is 2.01. The molecule has 0 heterocycles. The lowest BCUT2D eigenvalue weighted by molar-refractivity contribution is 1.46. The minimum Gasteiger partial charge on any atom is -0.0984 e. The van der Waals surface area contributed by atoms with E-state index in [1.165, 1.54) is 5.56 Å². The Bertz CT molecular complexity index is 607. The van der Waals surface area contributed by atoms with Gasteiger partial charge in [0.15, 0.2) is 0 Å². The Morgan fingerprint density at radius 2 is 1.57 bits per heavy atom. The molecule has 0 N–H and O–H groups in total. The second-order valence-corrected chi connectivity index (χ2v) is 7.78. The number of halogens is 4. The van der Waals surface area contributed by atoms with Crippen LogP contribution in [-0.4, -0.2) is 0 Å². The van der Waals surface area contributed by atoms with Crippen molar-refractivity contribution < 1.29 is 0 Å². The maximum atomic E-state index is 5.88. The molecule has 0 unspecified atom stereocenters. The van der Waals surface area contributed by atoms with Gasteiger partial charge < -0.3 is 0 Å². The molecular weight excluding hydrogens is 435 g/mol. The first kappa shape index (κ1) is 18.5. The summed E-state index contributed by atoms with van der Waals surface area (Å²) < 4.78 is 0.964. The summed E-state index contributed by atoms with van der Waals surface area (Å²) in [6.07, 6.45) is 3.66. The molecule has 0 fully saturated rings. The summed E-state index contributed by atoms with van der Waals surface area (Å²) >= 11 is 18.3. The third-order valence-corrected chi connectivity index (χ3v) is 3.59. The molecule has 0 aromatic heterocycles. The Kier molecular flexibility index (Phi) is 8.35. The fraction of sp³-hybridized carbons (Fsp3) is 0.0588. The van der Waals surface area contributed by atoms with Gasteiger partial charge in [-0.05, 0) is 68.1 Å². The van der Waals surface area contributed by atoms with Crippen LogP contribution in [0.25, 0.3) is 12.2 Å². The maximum Gasteiger partial charge on any atom is 0.0610 e. The van der Waals surface area contributed by atoms with Gasteiger partial charge in [-0.1, -0.05) is 66.2 Å². The molecule has 0 saturated heterocycles. The number of hydrogen-bond acceptors (Lipinski definition) is 0. The van der Waals surface area contributed by atoms with Crippen LogP contribution in [0.3, 0.4) is 0 Å². The smallest absolute Gasteiger partial charge is 0.0610 e. The van der Waals surface area contributed by atoms with Gasteiger partial charge in [-0.25, -0.2) is 0 Å². The lowest BCUT2D eigenvalue weighted by Gasteiger charge is -2.02. The number of rotatable bonds is 2. The molecule has 0 bridgehead atoms. The van der Waals surface area contributed by atoms with Crippen LogP contribution in [0.2, 0.25) is 10.0 Å². The zero-order chi connectivity index (χ0) is 15.8. The molecule has 4 heteroatoms. The fourth-order valence-corrected chi connectivity index (χ4v) is 2.86. The first-order valence-corrected chi connectivity index (χ1v) is 8.44. The lowest BCUT2D eigenvalue weighted by atomic mass is 10.1. The van der Waals surface area contributed by atoms with Crippen molar-refractivity contribution in [3.8, 4) is 0 Å². The van der Waals surface area contributed by atoms with Gasteiger partial charge in [0.05, 0.1) is 3.39 Å². The summed E-state index contributed by atoms with van der Waals surface area (Å²) in [6, 6.07) is 13.8. The SMILES string of the molecule is BrC(Br)=Cc1ccccc1.C=Cc1c(Cl)cc(C)cc1Cl. The summed E-state index contributed by atoms with van der Waals surface area (Å²) in [6.45, 7) is 5.56. The molecule has 0 atom stereocenters. The summed E-state index contributed by atoms with van der Waals surface area (Å²) in [4.78, 5) is 0. The van der Waals surface area contributed by atoms with E-state index in [0.29, 0.717) is 10.0 Å². The van der Waals surface area contributed by atoms with Crippen LogP contribution >= 0.6 is 55.1 Å². The molecule has 0 aliphatic heterocycles. The molecule has 0 aliphatic rings. The monoisotopic (exact) mass is 446 g/mol. The Morgan fingerprint density at radius 1 is 1.05 bits per heavy atom. The number of hydrogen-bond donors (Lipinski definition) is 0. The van der Waals surface area contributed by atoms with Crippen molar-refractivity contribution in [1.29, 1.82) is 0 Å². The normalized spacial score (nSPS) is 9.38. The van der Waals surface area contributed by atoms with E-state index in [1.54, 1.807) is 6.08 Å². The Balaban J connectivity index is 0.000000211. The summed E-state index contributed by atoms with van der Waals surface area (Å²) in [7, 11) is 0. The Morgan fingerprint density at radius 3 is 2.00 bits per heavy atom. The Labute approximate surface area is 152 Å². The van der Waals surface area contributed by atoms with Crippen molar-refractivity contribution in [2.75, 3.05) is 0 Å². The average Bonchev–Trinajstić information content (AvgIpc) is 2.39. The highest BCUT2D eigenvalue weighted by molar-refractivity contribution is 9.28. The van der Waals surface area contributed by atoms with Gasteiger partial charge in [-0.3, -0.25) is 0 Å². The zero-order valence-electron chi connectivity index (χ0n) is 11.4. The quantitative estimate of drug-likeness (QED) is 0.441. The first-order chi connectivity index (χ1) is 9.93. The van der Waals surface area contributed by atoms with Gasteiger partial charge in [-0.15, -0.1) is 0 Å². The fourth-order valence-electron chi connectivity index (χ4n) is 1.58.